The van der Waals surface area contributed by atoms with Crippen molar-refractivity contribution < 1.29 is 24.7 Å². The second-order valence-electron chi connectivity index (χ2n) is 4.13. The van der Waals surface area contributed by atoms with E-state index < -0.39 is 40.0 Å². The highest BCUT2D eigenvalue weighted by Crippen LogP contribution is 2.36. The molecule has 0 unspecified atom stereocenters. The Kier molecular flexibility index (Phi) is 4.84. The predicted octanol–water partition coefficient (Wildman–Crippen LogP) is 0.00920. The van der Waals surface area contributed by atoms with Gasteiger partial charge in [-0.2, -0.15) is 0 Å². The van der Waals surface area contributed by atoms with Crippen molar-refractivity contribution in [2.45, 2.75) is 13.0 Å². The largest absolute Gasteiger partial charge is 0.504 e. The number of carbonyl (C=O) groups is 2. The average molecular weight is 295 g/mol. The van der Waals surface area contributed by atoms with Gasteiger partial charge in [0.25, 0.3) is 0 Å². The van der Waals surface area contributed by atoms with Crippen molar-refractivity contribution in [3.63, 3.8) is 0 Å². The zero-order valence-corrected chi connectivity index (χ0v) is 10.9. The number of nitrogens with two attached hydrogens (primary N) is 1. The molecule has 2 amide bonds. The van der Waals surface area contributed by atoms with Crippen molar-refractivity contribution in [3.8, 4) is 11.5 Å². The van der Waals surface area contributed by atoms with Crippen molar-refractivity contribution in [2.75, 3.05) is 0 Å². The number of benzene rings is 1. The third kappa shape index (κ3) is 4.20. The number of phenols is 2. The van der Waals surface area contributed by atoms with Crippen molar-refractivity contribution >= 4 is 23.6 Å². The maximum atomic E-state index is 11.5. The number of primary amides is 1. The number of nitro benzene ring substituents is 1. The third-order valence-electron chi connectivity index (χ3n) is 2.50. The maximum absolute atomic E-state index is 11.5. The third-order valence-corrected chi connectivity index (χ3v) is 2.50. The first-order valence-electron chi connectivity index (χ1n) is 5.70. The molecule has 5 N–H and O–H groups in total. The van der Waals surface area contributed by atoms with Crippen LogP contribution in [-0.2, 0) is 9.59 Å². The Morgan fingerprint density at radius 3 is 2.57 bits per heavy atom. The van der Waals surface area contributed by atoms with Gasteiger partial charge < -0.3 is 21.3 Å². The van der Waals surface area contributed by atoms with E-state index in [1.807, 2.05) is 0 Å². The Balaban J connectivity index is 2.93. The molecule has 0 fully saturated rings. The van der Waals surface area contributed by atoms with Crippen LogP contribution in [0.15, 0.2) is 18.2 Å². The molecule has 0 aliphatic rings. The molecule has 21 heavy (non-hydrogen) atoms. The topological polar surface area (TPSA) is 156 Å². The Morgan fingerprint density at radius 1 is 1.43 bits per heavy atom. The van der Waals surface area contributed by atoms with Crippen LogP contribution in [0.25, 0.3) is 6.08 Å². The lowest BCUT2D eigenvalue weighted by molar-refractivity contribution is -0.386. The predicted molar refractivity (Wildman–Crippen MR) is 72.3 cm³/mol. The molecule has 0 saturated carbocycles. The van der Waals surface area contributed by atoms with Crippen LogP contribution in [0, 0.1) is 10.1 Å². The van der Waals surface area contributed by atoms with E-state index in [2.05, 4.69) is 5.32 Å². The van der Waals surface area contributed by atoms with Gasteiger partial charge in [-0.15, -0.1) is 0 Å². The van der Waals surface area contributed by atoms with Gasteiger partial charge in [-0.05, 0) is 24.6 Å². The van der Waals surface area contributed by atoms with E-state index in [9.17, 15) is 29.9 Å². The summed E-state index contributed by atoms with van der Waals surface area (Å²) in [5.74, 6) is -2.90. The molecule has 0 heterocycles. The number of nitrogens with zero attached hydrogens (tertiary/aromatic N) is 1. The van der Waals surface area contributed by atoms with Crippen LogP contribution in [0.1, 0.15) is 12.5 Å². The van der Waals surface area contributed by atoms with E-state index in [4.69, 9.17) is 5.73 Å². The summed E-state index contributed by atoms with van der Waals surface area (Å²) in [6, 6.07) is 1.16. The highest BCUT2D eigenvalue weighted by Gasteiger charge is 2.18. The van der Waals surface area contributed by atoms with Gasteiger partial charge in [0.2, 0.25) is 17.6 Å². The fourth-order valence-corrected chi connectivity index (χ4v) is 1.37. The first kappa shape index (κ1) is 16.0. The molecule has 0 aliphatic carbocycles. The van der Waals surface area contributed by atoms with Gasteiger partial charge in [0.15, 0.2) is 5.75 Å². The number of phenolic OH excluding ortho intramolecular Hbond substituents is 2. The van der Waals surface area contributed by atoms with Gasteiger partial charge in [-0.1, -0.05) is 0 Å². The number of hydrogen-bond donors (Lipinski definition) is 4. The standard InChI is InChI=1S/C12H13N3O6/c1-6(12(13)19)14-10(17)3-2-7-4-8(15(20)21)11(18)9(16)5-7/h2-6,16,18H,1H3,(H2,13,19)(H,14,17)/b3-2+/t6-/m0/s1. The van der Waals surface area contributed by atoms with Crippen molar-refractivity contribution in [3.05, 3.63) is 33.9 Å². The summed E-state index contributed by atoms with van der Waals surface area (Å²) in [5, 5.41) is 31.6. The van der Waals surface area contributed by atoms with E-state index in [0.717, 1.165) is 18.2 Å². The first-order chi connectivity index (χ1) is 9.72. The van der Waals surface area contributed by atoms with Crippen LogP contribution in [0.2, 0.25) is 0 Å². The smallest absolute Gasteiger partial charge is 0.315 e. The van der Waals surface area contributed by atoms with E-state index in [-0.39, 0.29) is 5.56 Å². The molecule has 1 aromatic carbocycles. The number of nitrogens with one attached hydrogen (secondary N) is 1. The number of aromatic hydroxyl groups is 2. The molecule has 1 rings (SSSR count). The van der Waals surface area contributed by atoms with E-state index in [1.54, 1.807) is 0 Å². The van der Waals surface area contributed by atoms with Gasteiger partial charge in [-0.3, -0.25) is 19.7 Å². The van der Waals surface area contributed by atoms with Crippen LogP contribution in [0.4, 0.5) is 5.69 Å². The summed E-state index contributed by atoms with van der Waals surface area (Å²) in [6.07, 6.45) is 2.18. The fourth-order valence-electron chi connectivity index (χ4n) is 1.37. The Morgan fingerprint density at radius 2 is 2.05 bits per heavy atom. The number of nitro groups is 1. The highest BCUT2D eigenvalue weighted by molar-refractivity contribution is 5.95. The van der Waals surface area contributed by atoms with Gasteiger partial charge in [-0.25, -0.2) is 0 Å². The molecule has 1 aromatic rings. The molecule has 0 bridgehead atoms. The molecule has 0 spiro atoms. The lowest BCUT2D eigenvalue weighted by Gasteiger charge is -2.07. The quantitative estimate of drug-likeness (QED) is 0.259. The van der Waals surface area contributed by atoms with Crippen molar-refractivity contribution in [2.24, 2.45) is 5.73 Å². The highest BCUT2D eigenvalue weighted by atomic mass is 16.6. The summed E-state index contributed by atoms with van der Waals surface area (Å²) in [7, 11) is 0. The van der Waals surface area contributed by atoms with Crippen LogP contribution >= 0.6 is 0 Å². The van der Waals surface area contributed by atoms with E-state index in [1.165, 1.54) is 13.0 Å². The molecular weight excluding hydrogens is 282 g/mol. The lowest BCUT2D eigenvalue weighted by atomic mass is 10.1. The van der Waals surface area contributed by atoms with Crippen molar-refractivity contribution in [1.29, 1.82) is 0 Å². The molecule has 9 nitrogen and oxygen atoms in total. The monoisotopic (exact) mass is 295 g/mol. The average Bonchev–Trinajstić information content (AvgIpc) is 2.39. The number of amides is 2. The molecule has 0 aromatic heterocycles. The normalized spacial score (nSPS) is 12.0. The fraction of sp³-hybridized carbons (Fsp3) is 0.167. The molecule has 0 radical (unpaired) electrons. The van der Waals surface area contributed by atoms with Gasteiger partial charge in [0.1, 0.15) is 6.04 Å². The SMILES string of the molecule is C[C@H](NC(=O)/C=C/c1cc(O)c(O)c([N+](=O)[O-])c1)C(N)=O. The number of rotatable bonds is 5. The lowest BCUT2D eigenvalue weighted by Crippen LogP contribution is -2.41. The second kappa shape index (κ2) is 6.37. The van der Waals surface area contributed by atoms with E-state index in [0.29, 0.717) is 0 Å². The molecular formula is C12H13N3O6. The molecule has 9 heteroatoms. The Labute approximate surface area is 118 Å². The van der Waals surface area contributed by atoms with E-state index >= 15 is 0 Å². The minimum atomic E-state index is -0.873. The minimum absolute atomic E-state index is 0.124. The van der Waals surface area contributed by atoms with Crippen LogP contribution in [-0.4, -0.2) is 33.0 Å². The number of hydrogen-bond acceptors (Lipinski definition) is 6. The molecule has 0 aliphatic heterocycles. The molecule has 112 valence electrons. The van der Waals surface area contributed by atoms with Gasteiger partial charge in [0, 0.05) is 12.1 Å². The summed E-state index contributed by atoms with van der Waals surface area (Å²) < 4.78 is 0. The Hall–Kier alpha value is -3.10. The van der Waals surface area contributed by atoms with Crippen LogP contribution < -0.4 is 11.1 Å². The maximum Gasteiger partial charge on any atom is 0.315 e. The van der Waals surface area contributed by atoms with Crippen LogP contribution in [0.3, 0.4) is 0 Å². The van der Waals surface area contributed by atoms with Crippen LogP contribution in [0.5, 0.6) is 11.5 Å². The zero-order valence-electron chi connectivity index (χ0n) is 10.9. The molecule has 1 atom stereocenters. The summed E-state index contributed by atoms with van der Waals surface area (Å²) in [4.78, 5) is 32.0. The molecule has 0 saturated heterocycles. The zero-order chi connectivity index (χ0) is 16.2. The second-order valence-corrected chi connectivity index (χ2v) is 4.13. The summed E-state index contributed by atoms with van der Waals surface area (Å²) in [6.45, 7) is 1.39. The number of carbonyl (C=O) groups excluding carboxylic acids is 2. The van der Waals surface area contributed by atoms with Gasteiger partial charge >= 0.3 is 5.69 Å². The summed E-state index contributed by atoms with van der Waals surface area (Å²) in [5.41, 5.74) is 4.40. The Bertz CT molecular complexity index is 626. The van der Waals surface area contributed by atoms with Crippen molar-refractivity contribution in [1.82, 2.24) is 5.32 Å². The van der Waals surface area contributed by atoms with Gasteiger partial charge in [0.05, 0.1) is 4.92 Å². The minimum Gasteiger partial charge on any atom is -0.504 e. The first-order valence-corrected chi connectivity index (χ1v) is 5.70. The summed E-state index contributed by atoms with van der Waals surface area (Å²) >= 11 is 0.